The molecule has 0 bridgehead atoms. The zero-order chi connectivity index (χ0) is 61.3. The first kappa shape index (κ1) is 77.3. The van der Waals surface area contributed by atoms with Gasteiger partial charge in [-0.25, -0.2) is 9.97 Å². The van der Waals surface area contributed by atoms with E-state index in [0.29, 0.717) is 22.4 Å². The molecule has 0 aliphatic carbocycles. The summed E-state index contributed by atoms with van der Waals surface area (Å²) in [5.74, 6) is -12.2. The maximum Gasteiger partial charge on any atom is 3.00 e. The minimum atomic E-state index is -4.92. The van der Waals surface area contributed by atoms with Crippen molar-refractivity contribution < 1.29 is 180 Å². The Balaban J connectivity index is 0. The van der Waals surface area contributed by atoms with Gasteiger partial charge in [0.1, 0.15) is 0 Å². The summed E-state index contributed by atoms with van der Waals surface area (Å²) in [6.45, 7) is 7.59. The first-order chi connectivity index (χ1) is 36.8. The van der Waals surface area contributed by atoms with Crippen molar-refractivity contribution in [2.24, 2.45) is 9.98 Å². The number of carbonyl (C=O) groups excluding carboxylic acids is 4. The summed E-state index contributed by atoms with van der Waals surface area (Å²) in [6, 6.07) is 33.6. The molecule has 2 heterocycles. The Bertz CT molecular complexity index is 2970. The molecule has 0 aliphatic heterocycles. The number of nitrogens with zero attached hydrogens (tertiary/aromatic N) is 4. The topological polar surface area (TPSA) is 257 Å². The quantitative estimate of drug-likeness (QED) is 0.0604. The molecule has 0 N–H and O–H groups in total. The van der Waals surface area contributed by atoms with Gasteiger partial charge in [0.15, 0.2) is 23.1 Å². The molecule has 0 radical (unpaired) electrons. The smallest absolute Gasteiger partial charge is 0.871 e. The van der Waals surface area contributed by atoms with Crippen LogP contribution in [0.2, 0.25) is 0 Å². The average Bonchev–Trinajstić information content (AvgIpc) is 3.33. The third kappa shape index (κ3) is 32.0. The van der Waals surface area contributed by atoms with Gasteiger partial charge in [-0.05, 0) is 136 Å². The van der Waals surface area contributed by atoms with E-state index in [-0.39, 0.29) is 113 Å². The number of allylic oxidation sites excluding steroid dienone is 8. The van der Waals surface area contributed by atoms with Gasteiger partial charge < -0.3 is 30.6 Å². The van der Waals surface area contributed by atoms with Crippen LogP contribution in [-0.2, 0) is 19.2 Å². The maximum absolute atomic E-state index is 11.7. The van der Waals surface area contributed by atoms with Crippen molar-refractivity contribution in [2.75, 3.05) is 0 Å². The molecule has 82 heavy (non-hydrogen) atoms. The van der Waals surface area contributed by atoms with Crippen LogP contribution < -0.4 is 30.6 Å². The number of para-hydroxylation sites is 2. The van der Waals surface area contributed by atoms with Gasteiger partial charge in [-0.2, -0.15) is 52.7 Å². The Morgan fingerprint density at radius 1 is 0.402 bits per heavy atom. The number of fused-ring (bicyclic) bond motifs is 2. The second-order valence-corrected chi connectivity index (χ2v) is 15.8. The van der Waals surface area contributed by atoms with Crippen LogP contribution in [0.1, 0.15) is 50.2 Å². The van der Waals surface area contributed by atoms with Crippen molar-refractivity contribution in [1.82, 2.24) is 9.97 Å². The Morgan fingerprint density at radius 3 is 0.854 bits per heavy atom. The summed E-state index contributed by atoms with van der Waals surface area (Å²) in [5, 5.41) is 64.7. The van der Waals surface area contributed by atoms with Gasteiger partial charge in [-0.3, -0.25) is 29.2 Å². The molecule has 0 spiro atoms. The van der Waals surface area contributed by atoms with E-state index in [9.17, 15) is 103 Å². The van der Waals surface area contributed by atoms with E-state index in [1.807, 2.05) is 98.8 Å². The summed E-state index contributed by atoms with van der Waals surface area (Å²) in [6.07, 6.45) is -16.3. The van der Waals surface area contributed by atoms with Gasteiger partial charge in [0, 0.05) is 0 Å². The number of alkyl halides is 12. The van der Waals surface area contributed by atoms with Gasteiger partial charge in [-0.15, -0.1) is 0 Å². The van der Waals surface area contributed by atoms with Crippen LogP contribution in [0, 0.1) is 91.1 Å². The van der Waals surface area contributed by atoms with Crippen molar-refractivity contribution >= 4 is 68.7 Å². The summed E-state index contributed by atoms with van der Waals surface area (Å²) >= 11 is 0. The summed E-state index contributed by atoms with van der Waals surface area (Å²) in [4.78, 5) is 57.1. The molecule has 4 aromatic carbocycles. The molecule has 0 atom stereocenters. The van der Waals surface area contributed by atoms with E-state index in [0.717, 1.165) is 49.8 Å². The molecular weight excluding hydrogens is 1410 g/mol. The van der Waals surface area contributed by atoms with Gasteiger partial charge in [0.05, 0.1) is 46.2 Å². The predicted molar refractivity (Wildman–Crippen MR) is 259 cm³/mol. The summed E-state index contributed by atoms with van der Waals surface area (Å²) < 4.78 is 135. The fourth-order valence-corrected chi connectivity index (χ4v) is 5.02. The van der Waals surface area contributed by atoms with Crippen LogP contribution >= 0.6 is 0 Å². The van der Waals surface area contributed by atoms with Crippen LogP contribution in [0.15, 0.2) is 167 Å². The summed E-state index contributed by atoms with van der Waals surface area (Å²) in [7, 11) is 0. The Hall–Kier alpha value is -6.79. The summed E-state index contributed by atoms with van der Waals surface area (Å²) in [5.41, 5.74) is 6.47. The van der Waals surface area contributed by atoms with E-state index in [1.54, 1.807) is 24.6 Å². The molecule has 440 valence electrons. The number of carbonyl (C=O) groups is 4. The standard InChI is InChI=1S/2C17H14N2O.4C5H5F3O2.2Tb/c2*1-12-5-8-14(9-6-12)18-11-15-10-7-13-3-2-4-16(20)17(13)19-15;4*1-3(9)2-4(10)5(6,7)8;;/h2*2-11,20H,1H3;4*2,10H,1H3;;/q;;;;;;2*+3/p-6/b;;4*4-2-;;. The number of pyridine rings is 2. The van der Waals surface area contributed by atoms with E-state index >= 15 is 0 Å². The van der Waals surface area contributed by atoms with Crippen LogP contribution in [0.5, 0.6) is 11.5 Å². The first-order valence-corrected chi connectivity index (χ1v) is 22.0. The zero-order valence-electron chi connectivity index (χ0n) is 42.9. The number of halogens is 12. The number of aryl methyl sites for hydroxylation is 2. The van der Waals surface area contributed by atoms with Crippen LogP contribution in [-0.4, -0.2) is 70.2 Å². The number of rotatable bonds is 8. The molecule has 0 unspecified atom stereocenters. The molecule has 0 aliphatic rings. The van der Waals surface area contributed by atoms with Crippen LogP contribution in [0.3, 0.4) is 0 Å². The fourth-order valence-electron chi connectivity index (χ4n) is 5.02. The molecule has 0 fully saturated rings. The van der Waals surface area contributed by atoms with Gasteiger partial charge in [-0.1, -0.05) is 95.4 Å². The molecule has 0 saturated carbocycles. The first-order valence-electron chi connectivity index (χ1n) is 22.0. The van der Waals surface area contributed by atoms with Gasteiger partial charge >= 0.3 is 102 Å². The van der Waals surface area contributed by atoms with Crippen molar-refractivity contribution in [1.29, 1.82) is 0 Å². The van der Waals surface area contributed by atoms with E-state index in [1.165, 1.54) is 23.3 Å². The van der Waals surface area contributed by atoms with E-state index in [2.05, 4.69) is 20.0 Å². The van der Waals surface area contributed by atoms with Gasteiger partial charge in [0.25, 0.3) is 0 Å². The van der Waals surface area contributed by atoms with Crippen molar-refractivity contribution in [3.05, 3.63) is 179 Å². The largest absolute Gasteiger partial charge is 3.00 e. The zero-order valence-corrected chi connectivity index (χ0v) is 47.2. The Morgan fingerprint density at radius 2 is 0.646 bits per heavy atom. The van der Waals surface area contributed by atoms with Crippen molar-refractivity contribution in [3.8, 4) is 11.5 Å². The normalized spacial score (nSPS) is 12.0. The van der Waals surface area contributed by atoms with Crippen molar-refractivity contribution in [3.63, 3.8) is 0 Å². The number of aromatic nitrogens is 2. The second-order valence-electron chi connectivity index (χ2n) is 15.8. The van der Waals surface area contributed by atoms with E-state index < -0.39 is 70.9 Å². The number of hydrogen-bond donors (Lipinski definition) is 0. The molecule has 6 aromatic rings. The monoisotopic (exact) mass is 1450 g/mol. The molecule has 28 heteroatoms. The fraction of sp³-hybridized carbons (Fsp3) is 0.185. The van der Waals surface area contributed by atoms with Gasteiger partial charge in [0.2, 0.25) is 0 Å². The Labute approximate surface area is 520 Å². The molecule has 0 saturated heterocycles. The average molecular weight is 1450 g/mol. The molecule has 14 nitrogen and oxygen atoms in total. The predicted octanol–water partition coefficient (Wildman–Crippen LogP) is 8.26. The van der Waals surface area contributed by atoms with Crippen LogP contribution in [0.4, 0.5) is 64.1 Å². The molecule has 2 aromatic heterocycles. The maximum atomic E-state index is 11.7. The number of benzene rings is 4. The molecular formula is C54H42F12N4O10Tb2. The Kier molecular flexibility index (Phi) is 33.9. The molecule has 6 rings (SSSR count). The third-order valence-corrected chi connectivity index (χ3v) is 8.62. The second kappa shape index (κ2) is 35.9. The minimum absolute atomic E-state index is 0. The molecule has 0 amide bonds. The van der Waals surface area contributed by atoms with Crippen molar-refractivity contribution in [2.45, 2.75) is 66.2 Å². The minimum Gasteiger partial charge on any atom is -0.871 e. The number of hydrogen-bond acceptors (Lipinski definition) is 14. The number of ketones is 4. The third-order valence-electron chi connectivity index (χ3n) is 8.62. The number of aliphatic imine (C=N–C) groups is 2. The SMILES string of the molecule is CC(=O)/C=C(\[O-])C(F)(F)F.CC(=O)/C=C(\[O-])C(F)(F)F.CC(=O)/C=C(\[O-])C(F)(F)F.CC(=O)/C=C(\[O-])C(F)(F)F.Cc1ccc(N=Cc2ccc3cccc([O-])c3n2)cc1.Cc1ccc(N=Cc2ccc3cccc([O-])c3n2)cc1.[Tb+3].[Tb+3]. The van der Waals surface area contributed by atoms with Crippen LogP contribution in [0.25, 0.3) is 21.8 Å². The van der Waals surface area contributed by atoms with E-state index in [4.69, 9.17) is 0 Å².